The van der Waals surface area contributed by atoms with Gasteiger partial charge in [0.1, 0.15) is 5.75 Å². The minimum absolute atomic E-state index is 0.295. The number of rotatable bonds is 8. The van der Waals surface area contributed by atoms with Crippen molar-refractivity contribution in [2.24, 2.45) is 11.8 Å². The smallest absolute Gasteiger partial charge is 0.310 e. The predicted octanol–water partition coefficient (Wildman–Crippen LogP) is 5.71. The van der Waals surface area contributed by atoms with E-state index in [9.17, 15) is 9.90 Å². The number of carbonyl (C=O) groups is 1. The van der Waals surface area contributed by atoms with Gasteiger partial charge in [0.2, 0.25) is 0 Å². The summed E-state index contributed by atoms with van der Waals surface area (Å²) >= 11 is 0. The molecule has 0 spiro atoms. The Balaban J connectivity index is 0.000000248. The number of methoxy groups -OCH3 is 1. The van der Waals surface area contributed by atoms with E-state index < -0.39 is 17.5 Å². The Hall–Kier alpha value is -2.37. The number of benzene rings is 2. The molecule has 0 radical (unpaired) electrons. The summed E-state index contributed by atoms with van der Waals surface area (Å²) in [5.41, 5.74) is 2.43. The van der Waals surface area contributed by atoms with Crippen LogP contribution in [0, 0.1) is 11.8 Å². The minimum atomic E-state index is -0.772. The van der Waals surface area contributed by atoms with Crippen molar-refractivity contribution >= 4 is 5.97 Å². The number of carboxylic acids is 1. The number of ether oxygens (including phenoxy) is 1. The molecule has 3 unspecified atom stereocenters. The standard InChI is InChI=1S/C16H25NO2.C13H18O2/c1-17(2)12-14-7-4-5-10-16(14,18)13-8-6-9-15(11-13)19-3;1-9(2)8-11-4-6-12(7-5-11)10(3)13(14)15/h6,8-9,11,14,18H,4-5,7,10,12H2,1-3H3;4-7,9-10H,8H2,1-3H3,(H,14,15). The molecule has 34 heavy (non-hydrogen) atoms. The van der Waals surface area contributed by atoms with Crippen LogP contribution in [0.3, 0.4) is 0 Å². The van der Waals surface area contributed by atoms with Gasteiger partial charge in [-0.25, -0.2) is 0 Å². The molecule has 0 aliphatic heterocycles. The van der Waals surface area contributed by atoms with Gasteiger partial charge in [0.05, 0.1) is 18.6 Å². The molecule has 3 rings (SSSR count). The van der Waals surface area contributed by atoms with Crippen molar-refractivity contribution in [2.45, 2.75) is 64.4 Å². The highest BCUT2D eigenvalue weighted by Crippen LogP contribution is 2.42. The lowest BCUT2D eigenvalue weighted by Gasteiger charge is -2.41. The molecule has 1 aliphatic rings. The summed E-state index contributed by atoms with van der Waals surface area (Å²) in [6.45, 7) is 6.98. The second-order valence-electron chi connectivity index (χ2n) is 10.3. The number of hydrogen-bond donors (Lipinski definition) is 2. The van der Waals surface area contributed by atoms with Gasteiger partial charge in [-0.15, -0.1) is 0 Å². The highest BCUT2D eigenvalue weighted by Gasteiger charge is 2.40. The quantitative estimate of drug-likeness (QED) is 0.518. The van der Waals surface area contributed by atoms with E-state index in [1.807, 2.05) is 48.5 Å². The zero-order chi connectivity index (χ0) is 25.3. The Morgan fingerprint density at radius 1 is 1.12 bits per heavy atom. The van der Waals surface area contributed by atoms with E-state index in [1.54, 1.807) is 14.0 Å². The zero-order valence-corrected chi connectivity index (χ0v) is 21.8. The van der Waals surface area contributed by atoms with Crippen molar-refractivity contribution in [3.63, 3.8) is 0 Å². The lowest BCUT2D eigenvalue weighted by molar-refractivity contribution is -0.138. The number of carboxylic acid groups (broad SMARTS) is 1. The van der Waals surface area contributed by atoms with Gasteiger partial charge in [-0.3, -0.25) is 4.79 Å². The molecule has 188 valence electrons. The van der Waals surface area contributed by atoms with Crippen LogP contribution in [0.25, 0.3) is 0 Å². The highest BCUT2D eigenvalue weighted by atomic mass is 16.5. The van der Waals surface area contributed by atoms with E-state index in [-0.39, 0.29) is 0 Å². The molecule has 2 aromatic carbocycles. The van der Waals surface area contributed by atoms with Crippen molar-refractivity contribution in [3.05, 3.63) is 65.2 Å². The molecule has 3 atom stereocenters. The second-order valence-corrected chi connectivity index (χ2v) is 10.3. The first-order chi connectivity index (χ1) is 16.1. The fourth-order valence-electron chi connectivity index (χ4n) is 4.74. The molecule has 5 nitrogen and oxygen atoms in total. The first kappa shape index (κ1) is 27.9. The maximum atomic E-state index is 11.2. The first-order valence-electron chi connectivity index (χ1n) is 12.4. The van der Waals surface area contributed by atoms with Crippen LogP contribution in [0.5, 0.6) is 5.75 Å². The molecule has 1 aliphatic carbocycles. The lowest BCUT2D eigenvalue weighted by Crippen LogP contribution is -2.43. The molecular formula is C29H43NO4. The predicted molar refractivity (Wildman–Crippen MR) is 138 cm³/mol. The topological polar surface area (TPSA) is 70.0 Å². The highest BCUT2D eigenvalue weighted by molar-refractivity contribution is 5.75. The molecular weight excluding hydrogens is 426 g/mol. The molecule has 1 saturated carbocycles. The van der Waals surface area contributed by atoms with E-state index in [2.05, 4.69) is 32.8 Å². The number of hydrogen-bond acceptors (Lipinski definition) is 4. The Bertz CT molecular complexity index is 893. The van der Waals surface area contributed by atoms with Crippen LogP contribution < -0.4 is 4.74 Å². The third-order valence-electron chi connectivity index (χ3n) is 6.69. The molecule has 0 heterocycles. The minimum Gasteiger partial charge on any atom is -0.497 e. The Morgan fingerprint density at radius 3 is 2.35 bits per heavy atom. The van der Waals surface area contributed by atoms with Crippen LogP contribution in [0.15, 0.2) is 48.5 Å². The second kappa shape index (κ2) is 12.9. The summed E-state index contributed by atoms with van der Waals surface area (Å²) in [5, 5.41) is 20.0. The third kappa shape index (κ3) is 7.85. The molecule has 2 aromatic rings. The summed E-state index contributed by atoms with van der Waals surface area (Å²) in [6.07, 6.45) is 5.29. The van der Waals surface area contributed by atoms with Crippen LogP contribution in [0.2, 0.25) is 0 Å². The average Bonchev–Trinajstić information content (AvgIpc) is 2.80. The van der Waals surface area contributed by atoms with Crippen LogP contribution in [0.1, 0.15) is 69.1 Å². The van der Waals surface area contributed by atoms with Crippen LogP contribution in [-0.2, 0) is 16.8 Å². The number of aliphatic hydroxyl groups is 1. The van der Waals surface area contributed by atoms with Gasteiger partial charge in [-0.1, -0.05) is 63.1 Å². The van der Waals surface area contributed by atoms with E-state index in [4.69, 9.17) is 9.84 Å². The van der Waals surface area contributed by atoms with Gasteiger partial charge in [-0.05, 0) is 75.0 Å². The molecule has 1 fully saturated rings. The summed E-state index contributed by atoms with van der Waals surface area (Å²) in [6, 6.07) is 15.8. The molecule has 0 saturated heterocycles. The van der Waals surface area contributed by atoms with Gasteiger partial charge in [-0.2, -0.15) is 0 Å². The van der Waals surface area contributed by atoms with Gasteiger partial charge >= 0.3 is 5.97 Å². The molecule has 2 N–H and O–H groups in total. The monoisotopic (exact) mass is 469 g/mol. The van der Waals surface area contributed by atoms with Crippen LogP contribution >= 0.6 is 0 Å². The van der Waals surface area contributed by atoms with Crippen molar-refractivity contribution in [3.8, 4) is 5.75 Å². The van der Waals surface area contributed by atoms with E-state index in [0.29, 0.717) is 11.8 Å². The molecule has 0 bridgehead atoms. The fraction of sp³-hybridized carbons (Fsp3) is 0.552. The van der Waals surface area contributed by atoms with Crippen molar-refractivity contribution in [1.82, 2.24) is 4.90 Å². The molecule has 0 aromatic heterocycles. The summed E-state index contributed by atoms with van der Waals surface area (Å²) in [4.78, 5) is 12.9. The van der Waals surface area contributed by atoms with Crippen molar-refractivity contribution in [1.29, 1.82) is 0 Å². The van der Waals surface area contributed by atoms with E-state index in [0.717, 1.165) is 49.1 Å². The largest absolute Gasteiger partial charge is 0.497 e. The Kier molecular flexibility index (Phi) is 10.6. The zero-order valence-electron chi connectivity index (χ0n) is 21.8. The first-order valence-corrected chi connectivity index (χ1v) is 12.4. The number of aliphatic carboxylic acids is 1. The normalized spacial score (nSPS) is 21.0. The average molecular weight is 470 g/mol. The van der Waals surface area contributed by atoms with Crippen molar-refractivity contribution < 1.29 is 19.7 Å². The fourth-order valence-corrected chi connectivity index (χ4v) is 4.74. The van der Waals surface area contributed by atoms with Crippen LogP contribution in [-0.4, -0.2) is 48.8 Å². The lowest BCUT2D eigenvalue weighted by atomic mass is 9.71. The molecule has 0 amide bonds. The van der Waals surface area contributed by atoms with E-state index >= 15 is 0 Å². The SMILES string of the molecule is CC(C)Cc1ccc(C(C)C(=O)O)cc1.COc1cccc(C2(O)CCCCC2CN(C)C)c1. The summed E-state index contributed by atoms with van der Waals surface area (Å²) < 4.78 is 5.29. The summed E-state index contributed by atoms with van der Waals surface area (Å²) in [7, 11) is 5.81. The van der Waals surface area contributed by atoms with Gasteiger partial charge in [0.25, 0.3) is 0 Å². The Labute approximate surface area is 205 Å². The summed E-state index contributed by atoms with van der Waals surface area (Å²) in [5.74, 6) is 0.556. The third-order valence-corrected chi connectivity index (χ3v) is 6.69. The van der Waals surface area contributed by atoms with E-state index in [1.165, 1.54) is 12.0 Å². The maximum absolute atomic E-state index is 11.2. The van der Waals surface area contributed by atoms with Gasteiger partial charge < -0.3 is 19.8 Å². The Morgan fingerprint density at radius 2 is 1.79 bits per heavy atom. The van der Waals surface area contributed by atoms with Crippen LogP contribution in [0.4, 0.5) is 0 Å². The van der Waals surface area contributed by atoms with Crippen molar-refractivity contribution in [2.75, 3.05) is 27.7 Å². The maximum Gasteiger partial charge on any atom is 0.310 e. The van der Waals surface area contributed by atoms with Gasteiger partial charge in [0, 0.05) is 12.5 Å². The molecule has 5 heteroatoms. The van der Waals surface area contributed by atoms with Gasteiger partial charge in [0.15, 0.2) is 0 Å². The number of nitrogens with zero attached hydrogens (tertiary/aromatic N) is 1.